The van der Waals surface area contributed by atoms with Crippen LogP contribution in [-0.4, -0.2) is 69.3 Å². The minimum Gasteiger partial charge on any atom is -0.370 e. The van der Waals surface area contributed by atoms with E-state index in [2.05, 4.69) is 39.5 Å². The molecule has 184 valence electrons. The Bertz CT molecular complexity index is 1090. The lowest BCUT2D eigenvalue weighted by atomic mass is 10.1. The molecule has 12 heteroatoms. The van der Waals surface area contributed by atoms with E-state index in [1.807, 2.05) is 25.1 Å². The van der Waals surface area contributed by atoms with Gasteiger partial charge in [-0.15, -0.1) is 0 Å². The number of aromatic nitrogens is 5. The van der Waals surface area contributed by atoms with Gasteiger partial charge in [0.2, 0.25) is 5.95 Å². The first-order valence-corrected chi connectivity index (χ1v) is 11.3. The number of fused-ring (bicyclic) bond motifs is 1. The molecule has 4 heterocycles. The molecule has 1 saturated heterocycles. The second kappa shape index (κ2) is 10.1. The fourth-order valence-electron chi connectivity index (χ4n) is 4.15. The molecule has 1 aliphatic heterocycles. The SMILES string of the molecule is CCc1nn(CCOCC(F)(F)F)c2c(Nc3ccccn3)nc(N3C[C@@H](C)N[C@H](C)C3)nc12. The van der Waals surface area contributed by atoms with Gasteiger partial charge in [-0.25, -0.2) is 9.97 Å². The van der Waals surface area contributed by atoms with Gasteiger partial charge in [0.05, 0.1) is 18.8 Å². The van der Waals surface area contributed by atoms with Gasteiger partial charge in [0.1, 0.15) is 23.5 Å². The number of nitrogens with zero attached hydrogens (tertiary/aromatic N) is 6. The molecular weight excluding hydrogens is 449 g/mol. The Balaban J connectivity index is 1.73. The van der Waals surface area contributed by atoms with Crippen molar-refractivity contribution in [3.05, 3.63) is 30.1 Å². The summed E-state index contributed by atoms with van der Waals surface area (Å²) < 4.78 is 43.9. The van der Waals surface area contributed by atoms with E-state index in [-0.39, 0.29) is 25.2 Å². The molecule has 0 aliphatic carbocycles. The molecule has 34 heavy (non-hydrogen) atoms. The molecule has 3 aromatic heterocycles. The second-order valence-corrected chi connectivity index (χ2v) is 8.47. The number of rotatable bonds is 8. The van der Waals surface area contributed by atoms with Crippen LogP contribution in [0.1, 0.15) is 26.5 Å². The molecule has 0 bridgehead atoms. The Morgan fingerprint density at radius 2 is 1.94 bits per heavy atom. The number of ether oxygens (including phenoxy) is 1. The summed E-state index contributed by atoms with van der Waals surface area (Å²) in [4.78, 5) is 16.1. The van der Waals surface area contributed by atoms with Crippen LogP contribution in [0.4, 0.5) is 30.8 Å². The molecular formula is C22H29F3N8O. The smallest absolute Gasteiger partial charge is 0.370 e. The number of pyridine rings is 1. The average Bonchev–Trinajstić information content (AvgIpc) is 3.14. The Morgan fingerprint density at radius 1 is 1.18 bits per heavy atom. The summed E-state index contributed by atoms with van der Waals surface area (Å²) in [6, 6.07) is 6.03. The summed E-state index contributed by atoms with van der Waals surface area (Å²) in [6.45, 7) is 6.39. The topological polar surface area (TPSA) is 93.0 Å². The lowest BCUT2D eigenvalue weighted by Gasteiger charge is -2.36. The van der Waals surface area contributed by atoms with Gasteiger partial charge in [-0.2, -0.15) is 23.3 Å². The fraction of sp³-hybridized carbons (Fsp3) is 0.545. The summed E-state index contributed by atoms with van der Waals surface area (Å²) in [5, 5.41) is 11.4. The molecule has 0 amide bonds. The van der Waals surface area contributed by atoms with Gasteiger partial charge in [-0.3, -0.25) is 4.68 Å². The zero-order valence-electron chi connectivity index (χ0n) is 19.4. The number of alkyl halides is 3. The third-order valence-corrected chi connectivity index (χ3v) is 5.44. The van der Waals surface area contributed by atoms with Crippen LogP contribution in [0, 0.1) is 0 Å². The van der Waals surface area contributed by atoms with Crippen molar-refractivity contribution < 1.29 is 17.9 Å². The van der Waals surface area contributed by atoms with Crippen molar-refractivity contribution in [2.45, 2.75) is 52.0 Å². The lowest BCUT2D eigenvalue weighted by molar-refractivity contribution is -0.174. The van der Waals surface area contributed by atoms with Crippen LogP contribution in [0.15, 0.2) is 24.4 Å². The van der Waals surface area contributed by atoms with E-state index in [1.165, 1.54) is 0 Å². The van der Waals surface area contributed by atoms with Crippen LogP contribution in [-0.2, 0) is 17.7 Å². The zero-order valence-corrected chi connectivity index (χ0v) is 19.4. The number of halogens is 3. The van der Waals surface area contributed by atoms with Crippen molar-refractivity contribution in [1.29, 1.82) is 0 Å². The quantitative estimate of drug-likeness (QED) is 0.477. The molecule has 2 atom stereocenters. The summed E-state index contributed by atoms with van der Waals surface area (Å²) in [7, 11) is 0. The summed E-state index contributed by atoms with van der Waals surface area (Å²) in [6.07, 6.45) is -2.09. The van der Waals surface area contributed by atoms with E-state index in [4.69, 9.17) is 14.7 Å². The van der Waals surface area contributed by atoms with Crippen molar-refractivity contribution in [3.8, 4) is 0 Å². The minimum absolute atomic E-state index is 0.133. The van der Waals surface area contributed by atoms with Crippen LogP contribution in [0.2, 0.25) is 0 Å². The number of piperazine rings is 1. The number of hydrogen-bond donors (Lipinski definition) is 2. The van der Waals surface area contributed by atoms with Crippen LogP contribution in [0.3, 0.4) is 0 Å². The van der Waals surface area contributed by atoms with Gasteiger partial charge in [-0.05, 0) is 32.4 Å². The molecule has 0 spiro atoms. The Labute approximate surface area is 195 Å². The number of hydrogen-bond acceptors (Lipinski definition) is 8. The average molecular weight is 479 g/mol. The Morgan fingerprint density at radius 3 is 2.59 bits per heavy atom. The van der Waals surface area contributed by atoms with Crippen molar-refractivity contribution in [2.24, 2.45) is 0 Å². The first-order valence-electron chi connectivity index (χ1n) is 11.3. The molecule has 3 aromatic rings. The van der Waals surface area contributed by atoms with Crippen LogP contribution in [0.5, 0.6) is 0 Å². The van der Waals surface area contributed by atoms with Crippen molar-refractivity contribution >= 4 is 28.6 Å². The maximum atomic E-state index is 12.5. The predicted octanol–water partition coefficient (Wildman–Crippen LogP) is 3.29. The molecule has 0 aromatic carbocycles. The van der Waals surface area contributed by atoms with Crippen LogP contribution < -0.4 is 15.5 Å². The molecule has 1 aliphatic rings. The van der Waals surface area contributed by atoms with E-state index in [1.54, 1.807) is 10.9 Å². The molecule has 1 fully saturated rings. The van der Waals surface area contributed by atoms with Gasteiger partial charge < -0.3 is 20.3 Å². The standard InChI is InChI=1S/C22H29F3N8O/c1-4-16-18-19(33(31-16)9-10-34-13-22(23,24)25)20(28-17-7-5-6-8-26-17)30-21(29-18)32-11-14(2)27-15(3)12-32/h5-8,14-15,27H,4,9-13H2,1-3H3,(H,26,28,29,30)/t14-,15-/m1/s1. The van der Waals surface area contributed by atoms with E-state index in [0.29, 0.717) is 35.0 Å². The van der Waals surface area contributed by atoms with Crippen molar-refractivity contribution in [1.82, 2.24) is 30.0 Å². The van der Waals surface area contributed by atoms with Gasteiger partial charge in [0.15, 0.2) is 5.82 Å². The first-order chi connectivity index (χ1) is 16.2. The molecule has 9 nitrogen and oxygen atoms in total. The fourth-order valence-corrected chi connectivity index (χ4v) is 4.15. The van der Waals surface area contributed by atoms with E-state index >= 15 is 0 Å². The molecule has 0 radical (unpaired) electrons. The summed E-state index contributed by atoms with van der Waals surface area (Å²) >= 11 is 0. The first kappa shape index (κ1) is 24.1. The molecule has 4 rings (SSSR count). The highest BCUT2D eigenvalue weighted by molar-refractivity contribution is 5.90. The number of aryl methyl sites for hydroxylation is 1. The highest BCUT2D eigenvalue weighted by Gasteiger charge is 2.28. The molecule has 0 unspecified atom stereocenters. The van der Waals surface area contributed by atoms with Gasteiger partial charge in [-0.1, -0.05) is 13.0 Å². The Hall–Kier alpha value is -2.99. The van der Waals surface area contributed by atoms with E-state index in [0.717, 1.165) is 18.8 Å². The van der Waals surface area contributed by atoms with E-state index in [9.17, 15) is 13.2 Å². The zero-order chi connectivity index (χ0) is 24.3. The largest absolute Gasteiger partial charge is 0.411 e. The monoisotopic (exact) mass is 478 g/mol. The third kappa shape index (κ3) is 5.73. The second-order valence-electron chi connectivity index (χ2n) is 8.47. The Kier molecular flexibility index (Phi) is 7.17. The van der Waals surface area contributed by atoms with Gasteiger partial charge >= 0.3 is 6.18 Å². The predicted molar refractivity (Wildman–Crippen MR) is 123 cm³/mol. The minimum atomic E-state index is -4.37. The number of nitrogens with one attached hydrogen (secondary N) is 2. The van der Waals surface area contributed by atoms with E-state index < -0.39 is 12.8 Å². The third-order valence-electron chi connectivity index (χ3n) is 5.44. The molecule has 2 N–H and O–H groups in total. The summed E-state index contributed by atoms with van der Waals surface area (Å²) in [5.74, 6) is 1.67. The van der Waals surface area contributed by atoms with Crippen LogP contribution in [0.25, 0.3) is 11.0 Å². The lowest BCUT2D eigenvalue weighted by Crippen LogP contribution is -2.54. The van der Waals surface area contributed by atoms with Gasteiger partial charge in [0, 0.05) is 31.4 Å². The number of anilines is 3. The van der Waals surface area contributed by atoms with Crippen molar-refractivity contribution in [3.63, 3.8) is 0 Å². The summed E-state index contributed by atoms with van der Waals surface area (Å²) in [5.41, 5.74) is 2.02. The van der Waals surface area contributed by atoms with Crippen molar-refractivity contribution in [2.75, 3.05) is 36.5 Å². The maximum absolute atomic E-state index is 12.5. The molecule has 0 saturated carbocycles. The highest BCUT2D eigenvalue weighted by atomic mass is 19.4. The maximum Gasteiger partial charge on any atom is 0.411 e. The highest BCUT2D eigenvalue weighted by Crippen LogP contribution is 2.29. The van der Waals surface area contributed by atoms with Crippen LogP contribution >= 0.6 is 0 Å². The normalized spacial score (nSPS) is 19.1. The van der Waals surface area contributed by atoms with Gasteiger partial charge in [0.25, 0.3) is 0 Å².